The molecule has 106 valence electrons. The second kappa shape index (κ2) is 4.62. The molecule has 1 nitrogen and oxygen atoms in total. The van der Waals surface area contributed by atoms with Crippen LogP contribution in [0, 0.1) is 29.6 Å². The Balaban J connectivity index is 1.57. The molecule has 1 heteroatoms. The van der Waals surface area contributed by atoms with Crippen molar-refractivity contribution in [2.45, 2.75) is 70.8 Å². The van der Waals surface area contributed by atoms with Gasteiger partial charge in [0.2, 0.25) is 0 Å². The standard InChI is InChI=1S/C18H28O/c1-11-2-5-16-14(11)8-9-17-15-7-4-13(19)10-12(15)3-6-18(16)17/h12-13,15-19H,2-10H2,1H3/t12-,13+,15-,16+,17+,18-/m0/s1. The smallest absolute Gasteiger partial charge is 0.0543 e. The Bertz CT molecular complexity index is 396. The van der Waals surface area contributed by atoms with Crippen LogP contribution in [0.4, 0.5) is 0 Å². The van der Waals surface area contributed by atoms with Crippen LogP contribution in [-0.2, 0) is 0 Å². The Morgan fingerprint density at radius 3 is 2.58 bits per heavy atom. The van der Waals surface area contributed by atoms with E-state index in [4.69, 9.17) is 0 Å². The van der Waals surface area contributed by atoms with E-state index in [1.54, 1.807) is 5.57 Å². The van der Waals surface area contributed by atoms with Crippen molar-refractivity contribution in [1.82, 2.24) is 0 Å². The topological polar surface area (TPSA) is 20.2 Å². The van der Waals surface area contributed by atoms with Crippen molar-refractivity contribution >= 4 is 0 Å². The number of allylic oxidation sites excluding steroid dienone is 2. The lowest BCUT2D eigenvalue weighted by atomic mass is 9.54. The number of rotatable bonds is 0. The molecule has 3 fully saturated rings. The van der Waals surface area contributed by atoms with Crippen molar-refractivity contribution in [1.29, 1.82) is 0 Å². The Morgan fingerprint density at radius 1 is 0.842 bits per heavy atom. The van der Waals surface area contributed by atoms with Crippen LogP contribution in [0.1, 0.15) is 64.7 Å². The summed E-state index contributed by atoms with van der Waals surface area (Å²) in [5.74, 6) is 4.80. The first-order chi connectivity index (χ1) is 9.24. The number of aliphatic hydroxyl groups excluding tert-OH is 1. The van der Waals surface area contributed by atoms with Crippen molar-refractivity contribution < 1.29 is 5.11 Å². The molecule has 0 aromatic heterocycles. The van der Waals surface area contributed by atoms with E-state index in [9.17, 15) is 5.11 Å². The van der Waals surface area contributed by atoms with Gasteiger partial charge >= 0.3 is 0 Å². The van der Waals surface area contributed by atoms with Gasteiger partial charge in [-0.1, -0.05) is 11.1 Å². The second-order valence-corrected chi connectivity index (χ2v) is 7.79. The maximum Gasteiger partial charge on any atom is 0.0543 e. The molecular formula is C18H28O. The van der Waals surface area contributed by atoms with E-state index < -0.39 is 0 Å². The lowest BCUT2D eigenvalue weighted by Crippen LogP contribution is -2.44. The van der Waals surface area contributed by atoms with Crippen LogP contribution in [0.3, 0.4) is 0 Å². The van der Waals surface area contributed by atoms with Crippen LogP contribution in [-0.4, -0.2) is 11.2 Å². The number of hydrogen-bond donors (Lipinski definition) is 1. The molecule has 0 spiro atoms. The zero-order valence-corrected chi connectivity index (χ0v) is 12.3. The second-order valence-electron chi connectivity index (χ2n) is 7.79. The van der Waals surface area contributed by atoms with Crippen molar-refractivity contribution in [3.8, 4) is 0 Å². The molecule has 4 rings (SSSR count). The zero-order valence-electron chi connectivity index (χ0n) is 12.3. The molecular weight excluding hydrogens is 232 g/mol. The summed E-state index contributed by atoms with van der Waals surface area (Å²) in [7, 11) is 0. The van der Waals surface area contributed by atoms with E-state index >= 15 is 0 Å². The highest BCUT2D eigenvalue weighted by molar-refractivity contribution is 5.25. The predicted molar refractivity (Wildman–Crippen MR) is 77.7 cm³/mol. The Hall–Kier alpha value is -0.300. The predicted octanol–water partition coefficient (Wildman–Crippen LogP) is 4.31. The molecule has 0 heterocycles. The molecule has 0 aromatic rings. The fourth-order valence-corrected chi connectivity index (χ4v) is 6.24. The van der Waals surface area contributed by atoms with Gasteiger partial charge in [-0.3, -0.25) is 0 Å². The van der Waals surface area contributed by atoms with Crippen molar-refractivity contribution in [3.63, 3.8) is 0 Å². The lowest BCUT2D eigenvalue weighted by molar-refractivity contribution is -0.0244. The van der Waals surface area contributed by atoms with Gasteiger partial charge in [0, 0.05) is 0 Å². The third kappa shape index (κ3) is 1.92. The Labute approximate surface area is 117 Å². The third-order valence-corrected chi connectivity index (χ3v) is 7.07. The fraction of sp³-hybridized carbons (Fsp3) is 0.889. The van der Waals surface area contributed by atoms with E-state index in [1.807, 2.05) is 5.57 Å². The highest BCUT2D eigenvalue weighted by Gasteiger charge is 2.47. The molecule has 19 heavy (non-hydrogen) atoms. The molecule has 0 aliphatic heterocycles. The van der Waals surface area contributed by atoms with Gasteiger partial charge in [0.05, 0.1) is 6.10 Å². The highest BCUT2D eigenvalue weighted by atomic mass is 16.3. The SMILES string of the molecule is CC1=C2CC[C@H]3[C@@H](CC[C@H]4C[C@H](O)CC[C@@H]43)[C@@H]2CC1. The first-order valence-corrected chi connectivity index (χ1v) is 8.60. The average Bonchev–Trinajstić information content (AvgIpc) is 2.80. The lowest BCUT2D eigenvalue weighted by Gasteiger charge is -2.51. The summed E-state index contributed by atoms with van der Waals surface area (Å²) in [5.41, 5.74) is 3.61. The van der Waals surface area contributed by atoms with Gasteiger partial charge in [0.1, 0.15) is 0 Å². The van der Waals surface area contributed by atoms with Crippen molar-refractivity contribution in [3.05, 3.63) is 11.1 Å². The largest absolute Gasteiger partial charge is 0.393 e. The van der Waals surface area contributed by atoms with Gasteiger partial charge in [-0.15, -0.1) is 0 Å². The van der Waals surface area contributed by atoms with Crippen LogP contribution >= 0.6 is 0 Å². The minimum absolute atomic E-state index is 0.0190. The molecule has 6 atom stereocenters. The van der Waals surface area contributed by atoms with Crippen molar-refractivity contribution in [2.75, 3.05) is 0 Å². The van der Waals surface area contributed by atoms with Gasteiger partial charge in [-0.2, -0.15) is 0 Å². The van der Waals surface area contributed by atoms with Crippen LogP contribution in [0.2, 0.25) is 0 Å². The van der Waals surface area contributed by atoms with E-state index in [2.05, 4.69) is 6.92 Å². The highest BCUT2D eigenvalue weighted by Crippen LogP contribution is 2.57. The molecule has 0 unspecified atom stereocenters. The van der Waals surface area contributed by atoms with E-state index in [-0.39, 0.29) is 6.10 Å². The maximum atomic E-state index is 9.92. The van der Waals surface area contributed by atoms with Crippen LogP contribution in [0.25, 0.3) is 0 Å². The van der Waals surface area contributed by atoms with Crippen LogP contribution in [0.5, 0.6) is 0 Å². The Kier molecular flexibility index (Phi) is 3.02. The van der Waals surface area contributed by atoms with Crippen molar-refractivity contribution in [2.24, 2.45) is 29.6 Å². The summed E-state index contributed by atoms with van der Waals surface area (Å²) in [6, 6.07) is 0. The molecule has 3 saturated carbocycles. The Morgan fingerprint density at radius 2 is 1.68 bits per heavy atom. The minimum Gasteiger partial charge on any atom is -0.393 e. The van der Waals surface area contributed by atoms with Gasteiger partial charge in [-0.25, -0.2) is 0 Å². The van der Waals surface area contributed by atoms with Gasteiger partial charge in [0.25, 0.3) is 0 Å². The third-order valence-electron chi connectivity index (χ3n) is 7.07. The van der Waals surface area contributed by atoms with E-state index in [0.717, 1.165) is 42.4 Å². The summed E-state index contributed by atoms with van der Waals surface area (Å²) in [6.07, 6.45) is 12.1. The van der Waals surface area contributed by atoms with Crippen LogP contribution < -0.4 is 0 Å². The molecule has 0 bridgehead atoms. The summed E-state index contributed by atoms with van der Waals surface area (Å²) >= 11 is 0. The zero-order chi connectivity index (χ0) is 13.0. The number of hydrogen-bond acceptors (Lipinski definition) is 1. The number of fused-ring (bicyclic) bond motifs is 5. The first-order valence-electron chi connectivity index (χ1n) is 8.60. The molecule has 0 radical (unpaired) electrons. The molecule has 0 aromatic carbocycles. The molecule has 1 N–H and O–H groups in total. The monoisotopic (exact) mass is 260 g/mol. The summed E-state index contributed by atoms with van der Waals surface area (Å²) < 4.78 is 0. The average molecular weight is 260 g/mol. The van der Waals surface area contributed by atoms with E-state index in [1.165, 1.54) is 44.9 Å². The molecule has 4 aliphatic rings. The fourth-order valence-electron chi connectivity index (χ4n) is 6.24. The summed E-state index contributed by atoms with van der Waals surface area (Å²) in [5, 5.41) is 9.92. The van der Waals surface area contributed by atoms with Gasteiger partial charge in [-0.05, 0) is 94.3 Å². The maximum absolute atomic E-state index is 9.92. The summed E-state index contributed by atoms with van der Waals surface area (Å²) in [4.78, 5) is 0. The summed E-state index contributed by atoms with van der Waals surface area (Å²) in [6.45, 7) is 2.39. The van der Waals surface area contributed by atoms with Gasteiger partial charge in [0.15, 0.2) is 0 Å². The van der Waals surface area contributed by atoms with E-state index in [0.29, 0.717) is 0 Å². The number of aliphatic hydroxyl groups is 1. The van der Waals surface area contributed by atoms with Crippen LogP contribution in [0.15, 0.2) is 11.1 Å². The minimum atomic E-state index is 0.0190. The molecule has 0 amide bonds. The first kappa shape index (κ1) is 12.4. The van der Waals surface area contributed by atoms with Gasteiger partial charge < -0.3 is 5.11 Å². The molecule has 0 saturated heterocycles. The normalized spacial score (nSPS) is 49.6. The quantitative estimate of drug-likeness (QED) is 0.643. The molecule has 4 aliphatic carbocycles.